The van der Waals surface area contributed by atoms with Gasteiger partial charge in [-0.3, -0.25) is 0 Å². The Hall–Kier alpha value is -1.81. The van der Waals surface area contributed by atoms with Crippen LogP contribution in [0.15, 0.2) is 30.5 Å². The molecule has 0 unspecified atom stereocenters. The number of nitrogens with one attached hydrogen (secondary N) is 1. The lowest BCUT2D eigenvalue weighted by atomic mass is 10.1. The van der Waals surface area contributed by atoms with Gasteiger partial charge < -0.3 is 15.2 Å². The molecule has 2 N–H and O–H groups in total. The Balaban J connectivity index is 1.92. The summed E-state index contributed by atoms with van der Waals surface area (Å²) < 4.78 is 5.96. The summed E-state index contributed by atoms with van der Waals surface area (Å²) in [5.74, 6) is 0.862. The second kappa shape index (κ2) is 4.82. The molecule has 18 heavy (non-hydrogen) atoms. The number of rotatable bonds is 2. The molecule has 94 valence electrons. The van der Waals surface area contributed by atoms with E-state index in [1.54, 1.807) is 18.3 Å². The lowest BCUT2D eigenvalue weighted by Crippen LogP contribution is -2.34. The van der Waals surface area contributed by atoms with Gasteiger partial charge in [-0.05, 0) is 49.5 Å². The van der Waals surface area contributed by atoms with Gasteiger partial charge in [-0.15, -0.1) is 0 Å². The molecule has 3 rings (SSSR count). The summed E-state index contributed by atoms with van der Waals surface area (Å²) in [5.41, 5.74) is 0. The third-order valence-electron chi connectivity index (χ3n) is 3.28. The second-order valence-corrected chi connectivity index (χ2v) is 4.59. The smallest absolute Gasteiger partial charge is 0.221 e. The molecule has 1 aromatic heterocycles. The molecule has 0 saturated carbocycles. The van der Waals surface area contributed by atoms with Crippen molar-refractivity contribution < 1.29 is 9.84 Å². The van der Waals surface area contributed by atoms with E-state index in [9.17, 15) is 5.11 Å². The fraction of sp³-hybridized carbons (Fsp3) is 0.357. The van der Waals surface area contributed by atoms with Crippen LogP contribution in [0.2, 0.25) is 0 Å². The molecule has 1 aliphatic rings. The van der Waals surface area contributed by atoms with Crippen LogP contribution in [0.25, 0.3) is 10.8 Å². The molecule has 1 aliphatic heterocycles. The third-order valence-corrected chi connectivity index (χ3v) is 3.28. The largest absolute Gasteiger partial charge is 0.508 e. The highest BCUT2D eigenvalue weighted by molar-refractivity contribution is 5.87. The van der Waals surface area contributed by atoms with Crippen molar-refractivity contribution in [2.24, 2.45) is 0 Å². The van der Waals surface area contributed by atoms with E-state index < -0.39 is 0 Å². The molecule has 0 spiro atoms. The summed E-state index contributed by atoms with van der Waals surface area (Å²) in [6, 6.07) is 7.18. The molecule has 4 nitrogen and oxygen atoms in total. The summed E-state index contributed by atoms with van der Waals surface area (Å²) in [6.45, 7) is 1.97. The van der Waals surface area contributed by atoms with Gasteiger partial charge in [0.15, 0.2) is 0 Å². The quantitative estimate of drug-likeness (QED) is 0.849. The van der Waals surface area contributed by atoms with Gasteiger partial charge in [-0.1, -0.05) is 6.07 Å². The molecule has 0 bridgehead atoms. The number of phenols is 1. The van der Waals surface area contributed by atoms with E-state index in [0.29, 0.717) is 5.88 Å². The van der Waals surface area contributed by atoms with Crippen molar-refractivity contribution in [2.45, 2.75) is 18.9 Å². The molecular weight excluding hydrogens is 228 g/mol. The van der Waals surface area contributed by atoms with Gasteiger partial charge >= 0.3 is 0 Å². The Morgan fingerprint density at radius 1 is 1.22 bits per heavy atom. The molecule has 2 heterocycles. The van der Waals surface area contributed by atoms with Crippen LogP contribution >= 0.6 is 0 Å². The summed E-state index contributed by atoms with van der Waals surface area (Å²) in [4.78, 5) is 4.29. The van der Waals surface area contributed by atoms with Crippen molar-refractivity contribution >= 4 is 10.8 Å². The molecule has 0 radical (unpaired) electrons. The molecule has 4 heteroatoms. The van der Waals surface area contributed by atoms with Gasteiger partial charge in [0.25, 0.3) is 0 Å². The van der Waals surface area contributed by atoms with Gasteiger partial charge in [-0.25, -0.2) is 4.98 Å². The zero-order valence-corrected chi connectivity index (χ0v) is 10.1. The maximum atomic E-state index is 9.57. The topological polar surface area (TPSA) is 54.4 Å². The van der Waals surface area contributed by atoms with E-state index in [1.165, 1.54) is 0 Å². The molecule has 0 amide bonds. The normalized spacial score (nSPS) is 16.9. The molecule has 1 fully saturated rings. The molecular formula is C14H16N2O2. The van der Waals surface area contributed by atoms with Crippen molar-refractivity contribution in [3.05, 3.63) is 30.5 Å². The number of pyridine rings is 1. The standard InChI is InChI=1S/C14H16N2O2/c17-11-2-1-10-3-8-16-14(13(10)9-11)18-12-4-6-15-7-5-12/h1-3,8-9,12,15,17H,4-7H2. The van der Waals surface area contributed by atoms with E-state index in [1.807, 2.05) is 12.1 Å². The van der Waals surface area contributed by atoms with Crippen LogP contribution in [-0.4, -0.2) is 29.3 Å². The number of phenolic OH excluding ortho intramolecular Hbond substituents is 1. The Bertz CT molecular complexity index is 550. The predicted molar refractivity (Wildman–Crippen MR) is 69.9 cm³/mol. The SMILES string of the molecule is Oc1ccc2ccnc(OC3CCNCC3)c2c1. The van der Waals surface area contributed by atoms with Crippen LogP contribution in [-0.2, 0) is 0 Å². The highest BCUT2D eigenvalue weighted by atomic mass is 16.5. The predicted octanol–water partition coefficient (Wildman–Crippen LogP) is 2.07. The number of hydrogen-bond acceptors (Lipinski definition) is 4. The van der Waals surface area contributed by atoms with Crippen LogP contribution in [0.5, 0.6) is 11.6 Å². The molecule has 0 atom stereocenters. The summed E-state index contributed by atoms with van der Waals surface area (Å²) in [7, 11) is 0. The number of aromatic hydroxyl groups is 1. The third kappa shape index (κ3) is 2.24. The van der Waals surface area contributed by atoms with Gasteiger partial charge in [-0.2, -0.15) is 0 Å². The van der Waals surface area contributed by atoms with Crippen LogP contribution in [0.1, 0.15) is 12.8 Å². The van der Waals surface area contributed by atoms with Gasteiger partial charge in [0, 0.05) is 11.6 Å². The van der Waals surface area contributed by atoms with Crippen LogP contribution in [0.4, 0.5) is 0 Å². The molecule has 1 aromatic carbocycles. The Labute approximate surface area is 106 Å². The van der Waals surface area contributed by atoms with E-state index in [2.05, 4.69) is 10.3 Å². The fourth-order valence-electron chi connectivity index (χ4n) is 2.29. The van der Waals surface area contributed by atoms with Crippen molar-refractivity contribution in [2.75, 3.05) is 13.1 Å². The first kappa shape index (κ1) is 11.3. The number of hydrogen-bond donors (Lipinski definition) is 2. The van der Waals surface area contributed by atoms with E-state index in [-0.39, 0.29) is 11.9 Å². The van der Waals surface area contributed by atoms with Crippen LogP contribution in [0, 0.1) is 0 Å². The van der Waals surface area contributed by atoms with Crippen molar-refractivity contribution in [3.8, 4) is 11.6 Å². The number of piperidine rings is 1. The Morgan fingerprint density at radius 3 is 2.89 bits per heavy atom. The minimum atomic E-state index is 0.215. The zero-order chi connectivity index (χ0) is 12.4. The zero-order valence-electron chi connectivity index (χ0n) is 10.1. The first-order valence-electron chi connectivity index (χ1n) is 6.28. The Morgan fingerprint density at radius 2 is 2.06 bits per heavy atom. The summed E-state index contributed by atoms with van der Waals surface area (Å²) in [6.07, 6.45) is 3.95. The van der Waals surface area contributed by atoms with Crippen molar-refractivity contribution in [1.82, 2.24) is 10.3 Å². The fourth-order valence-corrected chi connectivity index (χ4v) is 2.29. The summed E-state index contributed by atoms with van der Waals surface area (Å²) in [5, 5.41) is 14.8. The van der Waals surface area contributed by atoms with Gasteiger partial charge in [0.1, 0.15) is 11.9 Å². The second-order valence-electron chi connectivity index (χ2n) is 4.59. The monoisotopic (exact) mass is 244 g/mol. The Kier molecular flexibility index (Phi) is 3.02. The highest BCUT2D eigenvalue weighted by Gasteiger charge is 2.16. The van der Waals surface area contributed by atoms with E-state index in [4.69, 9.17) is 4.74 Å². The highest BCUT2D eigenvalue weighted by Crippen LogP contribution is 2.28. The van der Waals surface area contributed by atoms with E-state index in [0.717, 1.165) is 36.7 Å². The lowest BCUT2D eigenvalue weighted by molar-refractivity contribution is 0.158. The lowest BCUT2D eigenvalue weighted by Gasteiger charge is -2.23. The van der Waals surface area contributed by atoms with Crippen molar-refractivity contribution in [1.29, 1.82) is 0 Å². The van der Waals surface area contributed by atoms with Crippen LogP contribution < -0.4 is 10.1 Å². The number of benzene rings is 1. The summed E-state index contributed by atoms with van der Waals surface area (Å²) >= 11 is 0. The minimum absolute atomic E-state index is 0.215. The molecule has 2 aromatic rings. The average molecular weight is 244 g/mol. The van der Waals surface area contributed by atoms with Crippen LogP contribution in [0.3, 0.4) is 0 Å². The van der Waals surface area contributed by atoms with E-state index >= 15 is 0 Å². The first-order chi connectivity index (χ1) is 8.83. The molecule has 1 saturated heterocycles. The first-order valence-corrected chi connectivity index (χ1v) is 6.28. The van der Waals surface area contributed by atoms with Gasteiger partial charge in [0.05, 0.1) is 0 Å². The number of aromatic nitrogens is 1. The number of fused-ring (bicyclic) bond motifs is 1. The minimum Gasteiger partial charge on any atom is -0.508 e. The number of ether oxygens (including phenoxy) is 1. The average Bonchev–Trinajstić information content (AvgIpc) is 2.41. The molecule has 0 aliphatic carbocycles. The number of nitrogens with zero attached hydrogens (tertiary/aromatic N) is 1. The van der Waals surface area contributed by atoms with Gasteiger partial charge in [0.2, 0.25) is 5.88 Å². The maximum absolute atomic E-state index is 9.57. The maximum Gasteiger partial charge on any atom is 0.221 e. The van der Waals surface area contributed by atoms with Crippen molar-refractivity contribution in [3.63, 3.8) is 0 Å².